The van der Waals surface area contributed by atoms with Crippen LogP contribution in [-0.4, -0.2) is 37.0 Å². The lowest BCUT2D eigenvalue weighted by Crippen LogP contribution is -2.54. The molecule has 2 rings (SSSR count). The molecule has 1 aromatic carbocycles. The van der Waals surface area contributed by atoms with Crippen molar-refractivity contribution in [2.75, 3.05) is 20.2 Å². The molecule has 0 aliphatic carbocycles. The molecule has 1 amide bonds. The molecule has 0 radical (unpaired) electrons. The predicted octanol–water partition coefficient (Wildman–Crippen LogP) is 2.35. The third kappa shape index (κ3) is 3.77. The number of aryl methyl sites for hydroxylation is 1. The van der Waals surface area contributed by atoms with Gasteiger partial charge in [0.15, 0.2) is 11.6 Å². The maximum absolute atomic E-state index is 13.6. The number of carbonyl (C=O) groups is 1. The Kier molecular flexibility index (Phi) is 5.06. The fourth-order valence-corrected chi connectivity index (χ4v) is 2.86. The summed E-state index contributed by atoms with van der Waals surface area (Å²) < 4.78 is 18.5. The van der Waals surface area contributed by atoms with E-state index in [2.05, 4.69) is 13.8 Å². The molecule has 1 aliphatic heterocycles. The highest BCUT2D eigenvalue weighted by Crippen LogP contribution is 2.28. The lowest BCUT2D eigenvalue weighted by molar-refractivity contribution is -0.134. The third-order valence-corrected chi connectivity index (χ3v) is 4.51. The van der Waals surface area contributed by atoms with Gasteiger partial charge in [-0.15, -0.1) is 0 Å². The Balaban J connectivity index is 1.91. The normalized spacial score (nSPS) is 20.8. The summed E-state index contributed by atoms with van der Waals surface area (Å²) in [7, 11) is 1.43. The van der Waals surface area contributed by atoms with Gasteiger partial charge in [0.1, 0.15) is 0 Å². The van der Waals surface area contributed by atoms with E-state index in [1.807, 2.05) is 4.90 Å². The molecule has 1 heterocycles. The van der Waals surface area contributed by atoms with Crippen LogP contribution in [0, 0.1) is 11.2 Å². The number of rotatable bonds is 4. The van der Waals surface area contributed by atoms with E-state index < -0.39 is 5.82 Å². The minimum Gasteiger partial charge on any atom is -0.494 e. The molecule has 0 aromatic heterocycles. The van der Waals surface area contributed by atoms with Crippen LogP contribution in [0.3, 0.4) is 0 Å². The quantitative estimate of drug-likeness (QED) is 0.929. The fourth-order valence-electron chi connectivity index (χ4n) is 2.86. The molecule has 4 nitrogen and oxygen atoms in total. The Morgan fingerprint density at radius 1 is 1.50 bits per heavy atom. The molecule has 0 spiro atoms. The average molecular weight is 308 g/mol. The summed E-state index contributed by atoms with van der Waals surface area (Å²) in [5.41, 5.74) is 6.84. The van der Waals surface area contributed by atoms with Gasteiger partial charge in [-0.3, -0.25) is 4.79 Å². The summed E-state index contributed by atoms with van der Waals surface area (Å²) in [6.45, 7) is 5.58. The van der Waals surface area contributed by atoms with Crippen LogP contribution in [0.4, 0.5) is 4.39 Å². The standard InChI is InChI=1S/C17H25FN2O2/c1-17(2)11-20(9-8-15(17)19)16(21)7-5-12-4-6-14(22-3)13(18)10-12/h4,6,10,15H,5,7-9,11,19H2,1-3H3. The largest absolute Gasteiger partial charge is 0.494 e. The van der Waals surface area contributed by atoms with Gasteiger partial charge in [0.25, 0.3) is 0 Å². The maximum Gasteiger partial charge on any atom is 0.222 e. The summed E-state index contributed by atoms with van der Waals surface area (Å²) in [6.07, 6.45) is 1.75. The molecule has 1 aromatic rings. The van der Waals surface area contributed by atoms with Gasteiger partial charge >= 0.3 is 0 Å². The van der Waals surface area contributed by atoms with Crippen molar-refractivity contribution in [3.8, 4) is 5.75 Å². The Morgan fingerprint density at radius 2 is 2.23 bits per heavy atom. The number of piperidine rings is 1. The van der Waals surface area contributed by atoms with Crippen LogP contribution < -0.4 is 10.5 Å². The van der Waals surface area contributed by atoms with Crippen molar-refractivity contribution in [1.82, 2.24) is 4.90 Å². The van der Waals surface area contributed by atoms with Gasteiger partial charge in [0, 0.05) is 25.6 Å². The van der Waals surface area contributed by atoms with Crippen LogP contribution in [0.5, 0.6) is 5.75 Å². The summed E-state index contributed by atoms with van der Waals surface area (Å²) in [5, 5.41) is 0. The van der Waals surface area contributed by atoms with E-state index in [1.165, 1.54) is 13.2 Å². The summed E-state index contributed by atoms with van der Waals surface area (Å²) >= 11 is 0. The first-order valence-electron chi connectivity index (χ1n) is 7.69. The highest BCUT2D eigenvalue weighted by molar-refractivity contribution is 5.76. The molecule has 1 fully saturated rings. The topological polar surface area (TPSA) is 55.6 Å². The number of likely N-dealkylation sites (tertiary alicyclic amines) is 1. The number of carbonyl (C=O) groups excluding carboxylic acids is 1. The number of amides is 1. The van der Waals surface area contributed by atoms with Gasteiger partial charge < -0.3 is 15.4 Å². The number of nitrogens with two attached hydrogens (primary N) is 1. The summed E-state index contributed by atoms with van der Waals surface area (Å²) in [5.74, 6) is -0.0597. The van der Waals surface area contributed by atoms with E-state index in [1.54, 1.807) is 12.1 Å². The van der Waals surface area contributed by atoms with Crippen LogP contribution in [-0.2, 0) is 11.2 Å². The first-order valence-corrected chi connectivity index (χ1v) is 7.69. The highest BCUT2D eigenvalue weighted by Gasteiger charge is 2.34. The monoisotopic (exact) mass is 308 g/mol. The molecule has 1 aliphatic rings. The number of benzene rings is 1. The Hall–Kier alpha value is -1.62. The number of ether oxygens (including phenoxy) is 1. The molecule has 1 atom stereocenters. The lowest BCUT2D eigenvalue weighted by Gasteiger charge is -2.42. The van der Waals surface area contributed by atoms with Crippen LogP contribution in [0.1, 0.15) is 32.3 Å². The molecular weight excluding hydrogens is 283 g/mol. The van der Waals surface area contributed by atoms with Crippen LogP contribution in [0.25, 0.3) is 0 Å². The molecule has 2 N–H and O–H groups in total. The van der Waals surface area contributed by atoms with Crippen molar-refractivity contribution in [3.63, 3.8) is 0 Å². The van der Waals surface area contributed by atoms with E-state index in [0.29, 0.717) is 25.9 Å². The van der Waals surface area contributed by atoms with E-state index in [9.17, 15) is 9.18 Å². The van der Waals surface area contributed by atoms with E-state index in [0.717, 1.165) is 12.0 Å². The minimum atomic E-state index is -0.391. The van der Waals surface area contributed by atoms with Gasteiger partial charge in [-0.25, -0.2) is 4.39 Å². The first kappa shape index (κ1) is 16.7. The number of hydrogen-bond acceptors (Lipinski definition) is 3. The molecule has 0 bridgehead atoms. The number of halogens is 1. The molecule has 1 saturated heterocycles. The fraction of sp³-hybridized carbons (Fsp3) is 0.588. The number of methoxy groups -OCH3 is 1. The van der Waals surface area contributed by atoms with Crippen molar-refractivity contribution in [3.05, 3.63) is 29.6 Å². The zero-order valence-corrected chi connectivity index (χ0v) is 13.6. The molecule has 122 valence electrons. The Morgan fingerprint density at radius 3 is 2.82 bits per heavy atom. The second kappa shape index (κ2) is 6.65. The van der Waals surface area contributed by atoms with E-state index >= 15 is 0 Å². The Labute approximate surface area is 131 Å². The summed E-state index contributed by atoms with van der Waals surface area (Å²) in [4.78, 5) is 14.2. The van der Waals surface area contributed by atoms with Gasteiger partial charge in [-0.05, 0) is 36.0 Å². The highest BCUT2D eigenvalue weighted by atomic mass is 19.1. The zero-order chi connectivity index (χ0) is 16.3. The van der Waals surface area contributed by atoms with Crippen molar-refractivity contribution < 1.29 is 13.9 Å². The van der Waals surface area contributed by atoms with Crippen molar-refractivity contribution in [2.24, 2.45) is 11.1 Å². The predicted molar refractivity (Wildman–Crippen MR) is 84.2 cm³/mol. The van der Waals surface area contributed by atoms with E-state index in [-0.39, 0.29) is 23.1 Å². The van der Waals surface area contributed by atoms with Crippen LogP contribution in [0.2, 0.25) is 0 Å². The lowest BCUT2D eigenvalue weighted by atomic mass is 9.79. The SMILES string of the molecule is COc1ccc(CCC(=O)N2CCC(N)C(C)(C)C2)cc1F. The average Bonchev–Trinajstić information content (AvgIpc) is 2.47. The van der Waals surface area contributed by atoms with Gasteiger partial charge in [-0.2, -0.15) is 0 Å². The zero-order valence-electron chi connectivity index (χ0n) is 13.6. The second-order valence-electron chi connectivity index (χ2n) is 6.67. The molecule has 22 heavy (non-hydrogen) atoms. The second-order valence-corrected chi connectivity index (χ2v) is 6.67. The molecule has 0 saturated carbocycles. The third-order valence-electron chi connectivity index (χ3n) is 4.51. The van der Waals surface area contributed by atoms with Crippen LogP contribution in [0.15, 0.2) is 18.2 Å². The van der Waals surface area contributed by atoms with Crippen molar-refractivity contribution in [1.29, 1.82) is 0 Å². The summed E-state index contributed by atoms with van der Waals surface area (Å²) in [6, 6.07) is 4.96. The van der Waals surface area contributed by atoms with Gasteiger partial charge in [0.2, 0.25) is 5.91 Å². The van der Waals surface area contributed by atoms with Crippen molar-refractivity contribution in [2.45, 2.75) is 39.2 Å². The van der Waals surface area contributed by atoms with Gasteiger partial charge in [-0.1, -0.05) is 19.9 Å². The molecular formula is C17H25FN2O2. The number of hydrogen-bond donors (Lipinski definition) is 1. The Bertz CT molecular complexity index is 545. The van der Waals surface area contributed by atoms with Crippen LogP contribution >= 0.6 is 0 Å². The maximum atomic E-state index is 13.6. The number of nitrogens with zero attached hydrogens (tertiary/aromatic N) is 1. The van der Waals surface area contributed by atoms with Gasteiger partial charge in [0.05, 0.1) is 7.11 Å². The minimum absolute atomic E-state index is 0.0554. The van der Waals surface area contributed by atoms with Crippen molar-refractivity contribution >= 4 is 5.91 Å². The molecule has 1 unspecified atom stereocenters. The van der Waals surface area contributed by atoms with E-state index in [4.69, 9.17) is 10.5 Å². The smallest absolute Gasteiger partial charge is 0.222 e. The molecule has 5 heteroatoms. The first-order chi connectivity index (χ1) is 10.3.